The van der Waals surface area contributed by atoms with Crippen LogP contribution >= 0.6 is 28.3 Å². The van der Waals surface area contributed by atoms with Gasteiger partial charge in [-0.1, -0.05) is 6.92 Å². The largest absolute Gasteiger partial charge is 0.454 e. The Bertz CT molecular complexity index is 550. The van der Waals surface area contributed by atoms with E-state index < -0.39 is 0 Å². The summed E-state index contributed by atoms with van der Waals surface area (Å²) in [7, 11) is 0. The number of carbonyl (C=O) groups excluding carboxylic acids is 1. The van der Waals surface area contributed by atoms with Crippen LogP contribution in [0.5, 0.6) is 11.5 Å². The maximum Gasteiger partial charge on any atom is 0.254 e. The second-order valence-electron chi connectivity index (χ2n) is 5.34. The summed E-state index contributed by atoms with van der Waals surface area (Å²) in [6, 6.07) is 3.88. The Morgan fingerprint density at radius 1 is 1.45 bits per heavy atom. The van der Waals surface area contributed by atoms with Crippen molar-refractivity contribution in [3.05, 3.63) is 22.2 Å². The lowest BCUT2D eigenvalue weighted by atomic mass is 10.1. The van der Waals surface area contributed by atoms with Gasteiger partial charge in [0.15, 0.2) is 11.5 Å². The van der Waals surface area contributed by atoms with E-state index in [2.05, 4.69) is 28.2 Å². The summed E-state index contributed by atoms with van der Waals surface area (Å²) in [5, 5.41) is 3.32. The quantitative estimate of drug-likeness (QED) is 0.857. The predicted molar refractivity (Wildman–Crippen MR) is 90.1 cm³/mol. The Morgan fingerprint density at radius 2 is 2.27 bits per heavy atom. The van der Waals surface area contributed by atoms with Crippen LogP contribution in [-0.4, -0.2) is 43.3 Å². The molecule has 1 atom stereocenters. The molecule has 0 saturated carbocycles. The number of ether oxygens (including phenoxy) is 2. The molecule has 1 aromatic rings. The van der Waals surface area contributed by atoms with Gasteiger partial charge in [0.05, 0.1) is 4.47 Å². The summed E-state index contributed by atoms with van der Waals surface area (Å²) >= 11 is 3.45. The van der Waals surface area contributed by atoms with E-state index in [1.807, 2.05) is 11.0 Å². The average Bonchev–Trinajstić information content (AvgIpc) is 3.14. The average molecular weight is 392 g/mol. The van der Waals surface area contributed by atoms with E-state index in [9.17, 15) is 4.79 Å². The molecule has 0 bridgehead atoms. The lowest BCUT2D eigenvalue weighted by Gasteiger charge is -2.28. The topological polar surface area (TPSA) is 50.8 Å². The molecule has 22 heavy (non-hydrogen) atoms. The summed E-state index contributed by atoms with van der Waals surface area (Å²) in [6.45, 7) is 4.92. The fraction of sp³-hybridized carbons (Fsp3) is 0.533. The molecule has 1 aromatic carbocycles. The van der Waals surface area contributed by atoms with Crippen molar-refractivity contribution < 1.29 is 14.3 Å². The Hall–Kier alpha value is -0.980. The van der Waals surface area contributed by atoms with Gasteiger partial charge in [-0.05, 0) is 47.4 Å². The number of hydrogen-bond acceptors (Lipinski definition) is 4. The molecule has 1 N–H and O–H groups in total. The number of nitrogens with zero attached hydrogens (tertiary/aromatic N) is 1. The Morgan fingerprint density at radius 3 is 2.95 bits per heavy atom. The first-order valence-electron chi connectivity index (χ1n) is 7.31. The molecule has 0 aliphatic carbocycles. The van der Waals surface area contributed by atoms with Crippen LogP contribution in [0.3, 0.4) is 0 Å². The lowest BCUT2D eigenvalue weighted by molar-refractivity contribution is 0.0692. The van der Waals surface area contributed by atoms with Gasteiger partial charge in [0, 0.05) is 24.7 Å². The Balaban J connectivity index is 0.00000176. The van der Waals surface area contributed by atoms with E-state index in [0.717, 1.165) is 36.9 Å². The second kappa shape index (κ2) is 7.53. The Labute approximate surface area is 144 Å². The molecule has 1 fully saturated rings. The molecule has 122 valence electrons. The van der Waals surface area contributed by atoms with Crippen LogP contribution in [0.2, 0.25) is 0 Å². The van der Waals surface area contributed by atoms with Crippen LogP contribution in [0.4, 0.5) is 0 Å². The van der Waals surface area contributed by atoms with Gasteiger partial charge in [0.1, 0.15) is 0 Å². The highest BCUT2D eigenvalue weighted by Crippen LogP contribution is 2.40. The highest BCUT2D eigenvalue weighted by Gasteiger charge is 2.28. The standard InChI is InChI=1S/C15H19BrN2O3.ClH/c1-2-5-18(11-3-4-17-8-11)15(19)10-6-12(16)14-13(7-10)20-9-21-14;/h6-7,11,17H,2-5,8-9H2,1H3;1H. The molecule has 1 saturated heterocycles. The van der Waals surface area contributed by atoms with Crippen molar-refractivity contribution in [3.63, 3.8) is 0 Å². The third-order valence-electron chi connectivity index (χ3n) is 3.87. The number of halogens is 2. The van der Waals surface area contributed by atoms with Crippen molar-refractivity contribution in [1.29, 1.82) is 0 Å². The molecule has 1 amide bonds. The van der Waals surface area contributed by atoms with E-state index in [0.29, 0.717) is 17.1 Å². The molecule has 3 rings (SSSR count). The zero-order valence-corrected chi connectivity index (χ0v) is 14.8. The zero-order valence-electron chi connectivity index (χ0n) is 12.4. The van der Waals surface area contributed by atoms with Gasteiger partial charge < -0.3 is 19.7 Å². The molecule has 2 aliphatic rings. The smallest absolute Gasteiger partial charge is 0.254 e. The molecule has 0 spiro atoms. The van der Waals surface area contributed by atoms with Crippen molar-refractivity contribution >= 4 is 34.2 Å². The van der Waals surface area contributed by atoms with Crippen molar-refractivity contribution in [2.24, 2.45) is 0 Å². The first-order chi connectivity index (χ1) is 10.2. The number of nitrogens with one attached hydrogen (secondary N) is 1. The normalized spacial score (nSPS) is 18.9. The minimum atomic E-state index is 0. The van der Waals surface area contributed by atoms with Crippen LogP contribution in [0.15, 0.2) is 16.6 Å². The van der Waals surface area contributed by atoms with E-state index in [-0.39, 0.29) is 31.1 Å². The highest BCUT2D eigenvalue weighted by molar-refractivity contribution is 9.10. The molecule has 5 nitrogen and oxygen atoms in total. The van der Waals surface area contributed by atoms with Crippen molar-refractivity contribution in [2.75, 3.05) is 26.4 Å². The summed E-state index contributed by atoms with van der Waals surface area (Å²) in [6.07, 6.45) is 1.96. The van der Waals surface area contributed by atoms with Gasteiger partial charge in [-0.3, -0.25) is 4.79 Å². The first kappa shape index (κ1) is 17.4. The molecular formula is C15H20BrClN2O3. The van der Waals surface area contributed by atoms with Gasteiger partial charge in [-0.2, -0.15) is 0 Å². The zero-order chi connectivity index (χ0) is 14.8. The third-order valence-corrected chi connectivity index (χ3v) is 4.46. The molecule has 0 aromatic heterocycles. The van der Waals surface area contributed by atoms with Gasteiger partial charge in [-0.25, -0.2) is 0 Å². The lowest BCUT2D eigenvalue weighted by Crippen LogP contribution is -2.42. The highest BCUT2D eigenvalue weighted by atomic mass is 79.9. The molecule has 1 unspecified atom stereocenters. The van der Waals surface area contributed by atoms with Gasteiger partial charge in [-0.15, -0.1) is 12.4 Å². The summed E-state index contributed by atoms with van der Waals surface area (Å²) < 4.78 is 11.5. The number of carbonyl (C=O) groups is 1. The maximum atomic E-state index is 12.9. The first-order valence-corrected chi connectivity index (χ1v) is 8.11. The number of benzene rings is 1. The van der Waals surface area contributed by atoms with Gasteiger partial charge in [0.2, 0.25) is 6.79 Å². The van der Waals surface area contributed by atoms with Crippen LogP contribution in [-0.2, 0) is 0 Å². The monoisotopic (exact) mass is 390 g/mol. The van der Waals surface area contributed by atoms with Gasteiger partial charge >= 0.3 is 0 Å². The fourth-order valence-corrected chi connectivity index (χ4v) is 3.41. The van der Waals surface area contributed by atoms with Crippen LogP contribution in [0.25, 0.3) is 0 Å². The van der Waals surface area contributed by atoms with Crippen molar-refractivity contribution in [1.82, 2.24) is 10.2 Å². The summed E-state index contributed by atoms with van der Waals surface area (Å²) in [5.41, 5.74) is 0.645. The SMILES string of the molecule is CCCN(C(=O)c1cc(Br)c2c(c1)OCO2)C1CCNC1.Cl. The molecular weight excluding hydrogens is 372 g/mol. The molecule has 2 aliphatic heterocycles. The van der Waals surface area contributed by atoms with Crippen LogP contribution in [0, 0.1) is 0 Å². The van der Waals surface area contributed by atoms with E-state index in [1.54, 1.807) is 6.07 Å². The fourth-order valence-electron chi connectivity index (χ4n) is 2.85. The van der Waals surface area contributed by atoms with Crippen LogP contribution in [0.1, 0.15) is 30.1 Å². The van der Waals surface area contributed by atoms with E-state index >= 15 is 0 Å². The third kappa shape index (κ3) is 3.34. The maximum absolute atomic E-state index is 12.9. The van der Waals surface area contributed by atoms with Crippen molar-refractivity contribution in [2.45, 2.75) is 25.8 Å². The number of fused-ring (bicyclic) bond motifs is 1. The summed E-state index contributed by atoms with van der Waals surface area (Å²) in [4.78, 5) is 14.8. The van der Waals surface area contributed by atoms with E-state index in [1.165, 1.54) is 0 Å². The molecule has 2 heterocycles. The number of amides is 1. The predicted octanol–water partition coefficient (Wildman–Crippen LogP) is 2.81. The van der Waals surface area contributed by atoms with Gasteiger partial charge in [0.25, 0.3) is 5.91 Å². The summed E-state index contributed by atoms with van der Waals surface area (Å²) in [5.74, 6) is 1.37. The minimum absolute atomic E-state index is 0. The second-order valence-corrected chi connectivity index (χ2v) is 6.19. The Kier molecular flexibility index (Phi) is 5.94. The molecule has 0 radical (unpaired) electrons. The number of hydrogen-bond donors (Lipinski definition) is 1. The van der Waals surface area contributed by atoms with E-state index in [4.69, 9.17) is 9.47 Å². The minimum Gasteiger partial charge on any atom is -0.454 e. The molecule has 7 heteroatoms. The van der Waals surface area contributed by atoms with Crippen molar-refractivity contribution in [3.8, 4) is 11.5 Å². The van der Waals surface area contributed by atoms with Crippen LogP contribution < -0.4 is 14.8 Å². The number of rotatable bonds is 4.